The molecule has 0 aromatic carbocycles. The number of nitrogens with one attached hydrogen (secondary N) is 1. The van der Waals surface area contributed by atoms with Crippen molar-refractivity contribution in [2.75, 3.05) is 39.3 Å². The number of aryl methyl sites for hydroxylation is 1. The highest BCUT2D eigenvalue weighted by Crippen LogP contribution is 2.25. The maximum atomic E-state index is 12.6. The van der Waals surface area contributed by atoms with E-state index in [9.17, 15) is 4.79 Å². The quantitative estimate of drug-likeness (QED) is 0.733. The van der Waals surface area contributed by atoms with Crippen molar-refractivity contribution in [1.29, 1.82) is 0 Å². The van der Waals surface area contributed by atoms with Crippen LogP contribution in [-0.4, -0.2) is 60.0 Å². The third kappa shape index (κ3) is 8.03. The highest BCUT2D eigenvalue weighted by atomic mass is 35.5. The summed E-state index contributed by atoms with van der Waals surface area (Å²) in [7, 11) is 0. The van der Waals surface area contributed by atoms with Gasteiger partial charge in [-0.1, -0.05) is 6.92 Å². The van der Waals surface area contributed by atoms with Crippen LogP contribution in [0.4, 0.5) is 0 Å². The fourth-order valence-electron chi connectivity index (χ4n) is 3.84. The maximum absolute atomic E-state index is 12.6. The minimum Gasteiger partial charge on any atom is -0.340 e. The number of piperidine rings is 1. The molecule has 2 aliphatic heterocycles. The van der Waals surface area contributed by atoms with Gasteiger partial charge >= 0.3 is 0 Å². The first-order valence-corrected chi connectivity index (χ1v) is 10.1. The van der Waals surface area contributed by atoms with Gasteiger partial charge in [-0.05, 0) is 44.7 Å². The lowest BCUT2D eigenvalue weighted by atomic mass is 9.84. The van der Waals surface area contributed by atoms with Crippen LogP contribution in [0.5, 0.6) is 0 Å². The summed E-state index contributed by atoms with van der Waals surface area (Å²) in [5.74, 6) is 1.58. The third-order valence-corrected chi connectivity index (χ3v) is 6.36. The molecule has 27 heavy (non-hydrogen) atoms. The lowest BCUT2D eigenvalue weighted by molar-refractivity contribution is -0.134. The summed E-state index contributed by atoms with van der Waals surface area (Å²) in [5, 5.41) is 4.54. The zero-order chi connectivity index (χ0) is 16.9. The molecule has 9 heteroatoms. The Morgan fingerprint density at radius 1 is 1.22 bits per heavy atom. The predicted octanol–water partition coefficient (Wildman–Crippen LogP) is 3.39. The van der Waals surface area contributed by atoms with E-state index >= 15 is 0 Å². The molecule has 5 nitrogen and oxygen atoms in total. The second kappa shape index (κ2) is 13.2. The Morgan fingerprint density at radius 3 is 2.41 bits per heavy atom. The number of halogens is 3. The lowest BCUT2D eigenvalue weighted by Crippen LogP contribution is -2.48. The number of carbonyl (C=O) groups excluding carboxylic acids is 1. The van der Waals surface area contributed by atoms with Crippen LogP contribution in [0, 0.1) is 18.8 Å². The Hall–Kier alpha value is -0.110. The van der Waals surface area contributed by atoms with Crippen LogP contribution in [0.2, 0.25) is 0 Å². The third-order valence-electron chi connectivity index (χ3n) is 5.46. The van der Waals surface area contributed by atoms with Gasteiger partial charge in [0, 0.05) is 50.2 Å². The lowest BCUT2D eigenvalue weighted by Gasteiger charge is -2.36. The molecular formula is C18H33Cl3N4OS. The van der Waals surface area contributed by atoms with Gasteiger partial charge < -0.3 is 10.2 Å². The zero-order valence-electron chi connectivity index (χ0n) is 16.2. The van der Waals surface area contributed by atoms with Crippen LogP contribution in [-0.2, 0) is 11.3 Å². The van der Waals surface area contributed by atoms with Gasteiger partial charge in [-0.2, -0.15) is 0 Å². The molecule has 1 unspecified atom stereocenters. The predicted molar refractivity (Wildman–Crippen MR) is 120 cm³/mol. The van der Waals surface area contributed by atoms with Crippen molar-refractivity contribution >= 4 is 54.5 Å². The molecule has 3 rings (SSSR count). The molecular weight excluding hydrogens is 427 g/mol. The number of rotatable bonds is 5. The van der Waals surface area contributed by atoms with E-state index in [-0.39, 0.29) is 37.2 Å². The first kappa shape index (κ1) is 26.9. The number of nitrogens with zero attached hydrogens (tertiary/aromatic N) is 3. The van der Waals surface area contributed by atoms with E-state index in [4.69, 9.17) is 0 Å². The number of thiazole rings is 1. The summed E-state index contributed by atoms with van der Waals surface area (Å²) in [6.07, 6.45) is 5.14. The van der Waals surface area contributed by atoms with Gasteiger partial charge in [-0.25, -0.2) is 4.98 Å². The SMILES string of the molecule is Cc1ncc(CN2CCN(C(=O)CC(C)C3CCNCC3)CC2)s1.Cl.Cl.Cl. The summed E-state index contributed by atoms with van der Waals surface area (Å²) >= 11 is 1.77. The molecule has 158 valence electrons. The Kier molecular flexibility index (Phi) is 13.1. The van der Waals surface area contributed by atoms with Crippen molar-refractivity contribution in [3.05, 3.63) is 16.1 Å². The summed E-state index contributed by atoms with van der Waals surface area (Å²) in [6.45, 7) is 11.2. The maximum Gasteiger partial charge on any atom is 0.222 e. The summed E-state index contributed by atoms with van der Waals surface area (Å²) in [6, 6.07) is 0. The summed E-state index contributed by atoms with van der Waals surface area (Å²) < 4.78 is 0. The monoisotopic (exact) mass is 458 g/mol. The number of hydrogen-bond donors (Lipinski definition) is 1. The molecule has 3 heterocycles. The van der Waals surface area contributed by atoms with Crippen LogP contribution >= 0.6 is 48.6 Å². The number of aromatic nitrogens is 1. The average Bonchev–Trinajstić information content (AvgIpc) is 3.01. The van der Waals surface area contributed by atoms with Gasteiger partial charge in [0.2, 0.25) is 5.91 Å². The number of carbonyl (C=O) groups is 1. The number of amides is 1. The van der Waals surface area contributed by atoms with Crippen LogP contribution in [0.25, 0.3) is 0 Å². The van der Waals surface area contributed by atoms with E-state index in [2.05, 4.69) is 27.0 Å². The van der Waals surface area contributed by atoms with Crippen molar-refractivity contribution in [2.24, 2.45) is 11.8 Å². The van der Waals surface area contributed by atoms with Gasteiger partial charge in [0.05, 0.1) is 5.01 Å². The minimum atomic E-state index is 0. The van der Waals surface area contributed by atoms with E-state index in [0.29, 0.717) is 17.7 Å². The van der Waals surface area contributed by atoms with Crippen LogP contribution in [0.1, 0.15) is 36.1 Å². The van der Waals surface area contributed by atoms with E-state index < -0.39 is 0 Å². The van der Waals surface area contributed by atoms with E-state index in [0.717, 1.165) is 57.2 Å². The molecule has 0 bridgehead atoms. The van der Waals surface area contributed by atoms with Crippen LogP contribution in [0.15, 0.2) is 6.20 Å². The molecule has 2 fully saturated rings. The highest BCUT2D eigenvalue weighted by Gasteiger charge is 2.26. The van der Waals surface area contributed by atoms with E-state index in [1.165, 1.54) is 17.7 Å². The number of piperazine rings is 1. The molecule has 0 radical (unpaired) electrons. The molecule has 1 N–H and O–H groups in total. The summed E-state index contributed by atoms with van der Waals surface area (Å²) in [4.78, 5) is 22.8. The van der Waals surface area contributed by atoms with Crippen LogP contribution in [0.3, 0.4) is 0 Å². The highest BCUT2D eigenvalue weighted by molar-refractivity contribution is 7.11. The second-order valence-electron chi connectivity index (χ2n) is 7.27. The Labute approximate surface area is 185 Å². The number of hydrogen-bond acceptors (Lipinski definition) is 5. The van der Waals surface area contributed by atoms with Crippen molar-refractivity contribution in [3.63, 3.8) is 0 Å². The first-order chi connectivity index (χ1) is 11.6. The molecule has 1 atom stereocenters. The molecule has 2 aliphatic rings. The van der Waals surface area contributed by atoms with Crippen molar-refractivity contribution in [2.45, 2.75) is 39.7 Å². The topological polar surface area (TPSA) is 48.5 Å². The smallest absolute Gasteiger partial charge is 0.222 e. The molecule has 1 aromatic heterocycles. The molecule has 1 amide bonds. The van der Waals surface area contributed by atoms with E-state index in [1.807, 2.05) is 13.1 Å². The standard InChI is InChI=1S/C18H30N4OS.3ClH/c1-14(16-3-5-19-6-4-16)11-18(23)22-9-7-21(8-10-22)13-17-12-20-15(2)24-17;;;/h12,14,16,19H,3-11,13H2,1-2H3;3*1H. The van der Waals surface area contributed by atoms with Crippen LogP contribution < -0.4 is 5.32 Å². The second-order valence-corrected chi connectivity index (χ2v) is 8.59. The molecule has 2 saturated heterocycles. The largest absolute Gasteiger partial charge is 0.340 e. The summed E-state index contributed by atoms with van der Waals surface area (Å²) in [5.41, 5.74) is 0. The molecule has 0 aliphatic carbocycles. The van der Waals surface area contributed by atoms with Crippen molar-refractivity contribution in [3.8, 4) is 0 Å². The minimum absolute atomic E-state index is 0. The fraction of sp³-hybridized carbons (Fsp3) is 0.778. The molecule has 0 spiro atoms. The van der Waals surface area contributed by atoms with Crippen molar-refractivity contribution < 1.29 is 4.79 Å². The average molecular weight is 460 g/mol. The van der Waals surface area contributed by atoms with Gasteiger partial charge in [0.15, 0.2) is 0 Å². The first-order valence-electron chi connectivity index (χ1n) is 9.24. The van der Waals surface area contributed by atoms with Gasteiger partial charge in [-0.3, -0.25) is 9.69 Å². The molecule has 0 saturated carbocycles. The van der Waals surface area contributed by atoms with Gasteiger partial charge in [0.25, 0.3) is 0 Å². The normalized spacial score (nSPS) is 19.4. The van der Waals surface area contributed by atoms with Gasteiger partial charge in [-0.15, -0.1) is 48.6 Å². The zero-order valence-corrected chi connectivity index (χ0v) is 19.5. The Balaban J connectivity index is 0.00000225. The van der Waals surface area contributed by atoms with Gasteiger partial charge in [0.1, 0.15) is 0 Å². The fourth-order valence-corrected chi connectivity index (χ4v) is 4.68. The molecule has 1 aromatic rings. The van der Waals surface area contributed by atoms with E-state index in [1.54, 1.807) is 11.3 Å². The van der Waals surface area contributed by atoms with Crippen molar-refractivity contribution in [1.82, 2.24) is 20.1 Å². The Morgan fingerprint density at radius 2 is 1.85 bits per heavy atom. The Bertz CT molecular complexity index is 546.